The van der Waals surface area contributed by atoms with Gasteiger partial charge in [-0.25, -0.2) is 0 Å². The summed E-state index contributed by atoms with van der Waals surface area (Å²) in [5, 5.41) is 14.9. The predicted molar refractivity (Wildman–Crippen MR) is 83.4 cm³/mol. The van der Waals surface area contributed by atoms with E-state index in [0.717, 1.165) is 16.8 Å². The summed E-state index contributed by atoms with van der Waals surface area (Å²) in [5.74, 6) is -0.975. The fraction of sp³-hybridized carbons (Fsp3) is 0.500. The lowest BCUT2D eigenvalue weighted by Crippen LogP contribution is -2.41. The van der Waals surface area contributed by atoms with E-state index in [1.165, 1.54) is 0 Å². The molecule has 3 N–H and O–H groups in total. The van der Waals surface area contributed by atoms with Crippen molar-refractivity contribution in [3.05, 3.63) is 29.3 Å². The third-order valence-electron chi connectivity index (χ3n) is 3.21. The third-order valence-corrected chi connectivity index (χ3v) is 3.21. The highest BCUT2D eigenvalue weighted by Gasteiger charge is 2.21. The molecule has 0 aliphatic rings. The Balaban J connectivity index is 2.68. The normalized spacial score (nSPS) is 12.2. The Morgan fingerprint density at radius 2 is 1.76 bits per heavy atom. The molecule has 0 heterocycles. The number of amides is 1. The van der Waals surface area contributed by atoms with Crippen LogP contribution in [0.15, 0.2) is 18.2 Å². The number of hydrogen-bond donors (Lipinski definition) is 3. The zero-order valence-electron chi connectivity index (χ0n) is 13.1. The van der Waals surface area contributed by atoms with E-state index in [-0.39, 0.29) is 12.3 Å². The zero-order chi connectivity index (χ0) is 16.0. The summed E-state index contributed by atoms with van der Waals surface area (Å²) in [6.45, 7) is 8.36. The average Bonchev–Trinajstić information content (AvgIpc) is 2.38. The van der Waals surface area contributed by atoms with E-state index in [0.29, 0.717) is 12.5 Å². The summed E-state index contributed by atoms with van der Waals surface area (Å²) in [4.78, 5) is 23.3. The maximum atomic E-state index is 12.1. The maximum Gasteiger partial charge on any atom is 0.321 e. The highest BCUT2D eigenvalue weighted by molar-refractivity contribution is 5.95. The molecule has 21 heavy (non-hydrogen) atoms. The van der Waals surface area contributed by atoms with Crippen LogP contribution in [0.4, 0.5) is 5.69 Å². The van der Waals surface area contributed by atoms with Gasteiger partial charge < -0.3 is 15.7 Å². The number of nitrogens with one attached hydrogen (secondary N) is 2. The summed E-state index contributed by atoms with van der Waals surface area (Å²) in [6.07, 6.45) is -0.0875. The van der Waals surface area contributed by atoms with E-state index in [2.05, 4.69) is 10.6 Å². The van der Waals surface area contributed by atoms with Crippen LogP contribution in [0.2, 0.25) is 0 Å². The van der Waals surface area contributed by atoms with Gasteiger partial charge in [0.15, 0.2) is 0 Å². The van der Waals surface area contributed by atoms with Gasteiger partial charge in [0.2, 0.25) is 5.91 Å². The third kappa shape index (κ3) is 5.55. The van der Waals surface area contributed by atoms with E-state index in [4.69, 9.17) is 5.11 Å². The van der Waals surface area contributed by atoms with Crippen molar-refractivity contribution < 1.29 is 14.7 Å². The molecule has 1 aromatic rings. The fourth-order valence-electron chi connectivity index (χ4n) is 2.01. The summed E-state index contributed by atoms with van der Waals surface area (Å²) < 4.78 is 0. The molecule has 1 amide bonds. The highest BCUT2D eigenvalue weighted by Crippen LogP contribution is 2.19. The molecular formula is C16H24N2O3. The largest absolute Gasteiger partial charge is 0.480 e. The Morgan fingerprint density at radius 3 is 2.24 bits per heavy atom. The molecule has 0 aromatic heterocycles. The van der Waals surface area contributed by atoms with Crippen molar-refractivity contribution in [2.24, 2.45) is 5.92 Å². The van der Waals surface area contributed by atoms with Gasteiger partial charge >= 0.3 is 5.97 Å². The monoisotopic (exact) mass is 292 g/mol. The van der Waals surface area contributed by atoms with Gasteiger partial charge in [-0.3, -0.25) is 9.59 Å². The topological polar surface area (TPSA) is 78.4 Å². The lowest BCUT2D eigenvalue weighted by Gasteiger charge is -2.17. The molecule has 1 rings (SSSR count). The maximum absolute atomic E-state index is 12.1. The van der Waals surface area contributed by atoms with Gasteiger partial charge in [0.05, 0.1) is 6.42 Å². The molecule has 0 radical (unpaired) electrons. The number of carboxylic acid groups (broad SMARTS) is 1. The average molecular weight is 292 g/mol. The van der Waals surface area contributed by atoms with Crippen molar-refractivity contribution in [2.75, 3.05) is 11.9 Å². The second-order valence-corrected chi connectivity index (χ2v) is 5.71. The van der Waals surface area contributed by atoms with E-state index in [1.54, 1.807) is 0 Å². The van der Waals surface area contributed by atoms with E-state index < -0.39 is 12.0 Å². The van der Waals surface area contributed by atoms with Crippen LogP contribution in [0.5, 0.6) is 0 Å². The molecule has 1 unspecified atom stereocenters. The van der Waals surface area contributed by atoms with Gasteiger partial charge in [-0.1, -0.05) is 32.0 Å². The molecule has 0 saturated carbocycles. The van der Waals surface area contributed by atoms with Gasteiger partial charge in [0, 0.05) is 5.69 Å². The fourth-order valence-corrected chi connectivity index (χ4v) is 2.01. The van der Waals surface area contributed by atoms with Crippen LogP contribution in [0, 0.1) is 19.8 Å². The van der Waals surface area contributed by atoms with Crippen LogP contribution in [0.1, 0.15) is 31.4 Å². The number of carbonyl (C=O) groups is 2. The molecule has 0 fully saturated rings. The number of rotatable bonds is 7. The summed E-state index contributed by atoms with van der Waals surface area (Å²) in [6, 6.07) is 4.88. The van der Waals surface area contributed by atoms with Gasteiger partial charge in [-0.15, -0.1) is 0 Å². The summed E-state index contributed by atoms with van der Waals surface area (Å²) in [7, 11) is 0. The number of benzene rings is 1. The van der Waals surface area contributed by atoms with Crippen LogP contribution in [0.3, 0.4) is 0 Å². The Bertz CT molecular complexity index is 492. The van der Waals surface area contributed by atoms with Crippen LogP contribution in [-0.4, -0.2) is 29.6 Å². The van der Waals surface area contributed by atoms with Crippen molar-refractivity contribution in [3.8, 4) is 0 Å². The number of carbonyl (C=O) groups excluding carboxylic acids is 1. The lowest BCUT2D eigenvalue weighted by atomic mass is 10.1. The first kappa shape index (κ1) is 17.2. The Morgan fingerprint density at radius 1 is 1.19 bits per heavy atom. The van der Waals surface area contributed by atoms with Gasteiger partial charge in [-0.2, -0.15) is 0 Å². The van der Waals surface area contributed by atoms with Gasteiger partial charge in [0.25, 0.3) is 0 Å². The van der Waals surface area contributed by atoms with Gasteiger partial charge in [-0.05, 0) is 37.4 Å². The molecule has 5 heteroatoms. The molecule has 0 aliphatic carbocycles. The van der Waals surface area contributed by atoms with E-state index >= 15 is 0 Å². The van der Waals surface area contributed by atoms with Crippen LogP contribution in [-0.2, 0) is 9.59 Å². The molecule has 5 nitrogen and oxygen atoms in total. The first-order chi connectivity index (χ1) is 9.81. The van der Waals surface area contributed by atoms with Crippen molar-refractivity contribution in [3.63, 3.8) is 0 Å². The number of anilines is 1. The summed E-state index contributed by atoms with van der Waals surface area (Å²) >= 11 is 0. The quantitative estimate of drug-likeness (QED) is 0.720. The Kier molecular flexibility index (Phi) is 6.37. The number of carboxylic acids is 1. The van der Waals surface area contributed by atoms with E-state index in [9.17, 15) is 9.59 Å². The SMILES string of the molecule is Cc1cccc(C)c1NC(=O)CC(NCC(C)C)C(=O)O. The number of aliphatic carboxylic acids is 1. The minimum absolute atomic E-state index is 0.0875. The van der Waals surface area contributed by atoms with E-state index in [1.807, 2.05) is 45.9 Å². The number of hydrogen-bond acceptors (Lipinski definition) is 3. The molecule has 116 valence electrons. The second-order valence-electron chi connectivity index (χ2n) is 5.71. The zero-order valence-corrected chi connectivity index (χ0v) is 13.1. The minimum atomic E-state index is -1.01. The molecule has 0 saturated heterocycles. The molecular weight excluding hydrogens is 268 g/mol. The highest BCUT2D eigenvalue weighted by atomic mass is 16.4. The van der Waals surface area contributed by atoms with Crippen molar-refractivity contribution in [2.45, 2.75) is 40.2 Å². The standard InChI is InChI=1S/C16H24N2O3/c1-10(2)9-17-13(16(20)21)8-14(19)18-15-11(3)6-5-7-12(15)4/h5-7,10,13,17H,8-9H2,1-4H3,(H,18,19)(H,20,21). The second kappa shape index (κ2) is 7.78. The van der Waals surface area contributed by atoms with Crippen LogP contribution < -0.4 is 10.6 Å². The van der Waals surface area contributed by atoms with Gasteiger partial charge in [0.1, 0.15) is 6.04 Å². The van der Waals surface area contributed by atoms with Crippen LogP contribution in [0.25, 0.3) is 0 Å². The molecule has 1 aromatic carbocycles. The molecule has 0 aliphatic heterocycles. The Hall–Kier alpha value is -1.88. The minimum Gasteiger partial charge on any atom is -0.480 e. The number of aryl methyl sites for hydroxylation is 2. The molecule has 1 atom stereocenters. The molecule has 0 bridgehead atoms. The smallest absolute Gasteiger partial charge is 0.321 e. The predicted octanol–water partition coefficient (Wildman–Crippen LogP) is 2.33. The van der Waals surface area contributed by atoms with Crippen LogP contribution >= 0.6 is 0 Å². The van der Waals surface area contributed by atoms with Crippen molar-refractivity contribution in [1.29, 1.82) is 0 Å². The lowest BCUT2D eigenvalue weighted by molar-refractivity contribution is -0.141. The summed E-state index contributed by atoms with van der Waals surface area (Å²) in [5.41, 5.74) is 2.69. The number of para-hydroxylation sites is 1. The molecule has 0 spiro atoms. The first-order valence-electron chi connectivity index (χ1n) is 7.13. The first-order valence-corrected chi connectivity index (χ1v) is 7.13. The van der Waals surface area contributed by atoms with Crippen molar-refractivity contribution in [1.82, 2.24) is 5.32 Å². The Labute approximate surface area is 125 Å². The van der Waals surface area contributed by atoms with Crippen molar-refractivity contribution >= 4 is 17.6 Å².